The molecule has 1 amide bonds. The molecule has 2 aliphatic heterocycles. The van der Waals surface area contributed by atoms with Crippen molar-refractivity contribution in [3.8, 4) is 20.9 Å². The number of carbonyl (C=O) groups is 2. The summed E-state index contributed by atoms with van der Waals surface area (Å²) in [5.74, 6) is 0.641. The summed E-state index contributed by atoms with van der Waals surface area (Å²) in [6, 6.07) is 24.2. The molecule has 9 rings (SSSR count). The zero-order valence-corrected chi connectivity index (χ0v) is 51.1. The molecule has 1 aliphatic carbocycles. The first-order valence-electron chi connectivity index (χ1n) is 29.2. The third-order valence-corrected chi connectivity index (χ3v) is 20.5. The van der Waals surface area contributed by atoms with E-state index in [0.29, 0.717) is 36.4 Å². The van der Waals surface area contributed by atoms with Gasteiger partial charge in [-0.1, -0.05) is 123 Å². The van der Waals surface area contributed by atoms with Crippen molar-refractivity contribution in [1.29, 1.82) is 0 Å². The normalized spacial score (nSPS) is 16.6. The van der Waals surface area contributed by atoms with E-state index in [1.807, 2.05) is 34.8 Å². The minimum atomic E-state index is -0.394. The van der Waals surface area contributed by atoms with Crippen LogP contribution in [0.4, 0.5) is 11.4 Å². The number of unbranched alkanes of at least 4 members (excludes halogenated alkanes) is 8. The lowest BCUT2D eigenvalue weighted by Crippen LogP contribution is -2.32. The number of fused-ring (bicyclic) bond motifs is 3. The predicted octanol–water partition coefficient (Wildman–Crippen LogP) is 17.5. The highest BCUT2D eigenvalue weighted by atomic mass is 32.2. The fourth-order valence-corrected chi connectivity index (χ4v) is 15.9. The van der Waals surface area contributed by atoms with E-state index in [1.54, 1.807) is 11.8 Å². The van der Waals surface area contributed by atoms with Gasteiger partial charge in [-0.2, -0.15) is 13.3 Å². The standard InChI is InChI=1S/C66H81N5O3S4/c1-10-14-17-19-27-44-38-54(76-43(44)5)46-40-55(60(62-61(46)68-78-69-62)56-39-45(53(13-4)77-56)28-20-18-15-11-2)75-37-33-59(72)67-34-25-26-36-71-52-32-24-22-30-50(52)66(8,9)58(71)42-48-63(73)47(64(48)74)41-57-65(6,7)49-29-21-23-31-51(49)70(57)35-16-12-3/h21-24,29-32,38-42H,10-20,25-28,33-37H2,1-9H3,(H-,67,72,73,74)/p+1. The van der Waals surface area contributed by atoms with Gasteiger partial charge in [-0.15, -0.1) is 34.4 Å². The van der Waals surface area contributed by atoms with Crippen LogP contribution < -0.4 is 10.2 Å². The number of hydrogen-bond acceptors (Lipinski definition) is 10. The number of hydrogen-bond donors (Lipinski definition) is 2. The number of ketones is 1. The van der Waals surface area contributed by atoms with E-state index in [-0.39, 0.29) is 22.9 Å². The molecule has 3 aromatic carbocycles. The van der Waals surface area contributed by atoms with Crippen LogP contribution in [0.15, 0.2) is 106 Å². The van der Waals surface area contributed by atoms with E-state index in [0.717, 1.165) is 85.2 Å². The van der Waals surface area contributed by atoms with Crippen LogP contribution in [0.5, 0.6) is 0 Å². The Kier molecular flexibility index (Phi) is 18.8. The van der Waals surface area contributed by atoms with Gasteiger partial charge >= 0.3 is 0 Å². The molecule has 3 aromatic heterocycles. The molecule has 412 valence electrons. The SMILES string of the molecule is CCCCCCc1cc(-c2cc(SCCC(=O)NCCCC[N+]3=C(/C=C4/C(=O)C(/C=C5/N(CCCC)c6ccccc6C5(C)C)=C4O)C(C)(C)c4ccccc43)c(-c3cc(CCCCCC)c(CC)s3)c3nsnc23)sc1C. The maximum absolute atomic E-state index is 14.2. The van der Waals surface area contributed by atoms with Gasteiger partial charge in [0, 0.05) is 102 Å². The van der Waals surface area contributed by atoms with Gasteiger partial charge in [0.25, 0.3) is 0 Å². The molecule has 78 heavy (non-hydrogen) atoms. The third kappa shape index (κ3) is 11.8. The number of aryl methyl sites for hydroxylation is 4. The fraction of sp³-hybridized carbons (Fsp3) is 0.470. The second-order valence-electron chi connectivity index (χ2n) is 22.6. The predicted molar refractivity (Wildman–Crippen MR) is 333 cm³/mol. The maximum atomic E-state index is 14.2. The zero-order valence-electron chi connectivity index (χ0n) is 47.8. The van der Waals surface area contributed by atoms with Gasteiger partial charge < -0.3 is 15.3 Å². The number of aliphatic hydroxyl groups excluding tert-OH is 1. The molecule has 3 aliphatic rings. The van der Waals surface area contributed by atoms with Crippen LogP contribution in [-0.2, 0) is 39.7 Å². The molecule has 12 heteroatoms. The first-order valence-corrected chi connectivity index (χ1v) is 32.5. The van der Waals surface area contributed by atoms with Gasteiger partial charge in [0.15, 0.2) is 5.71 Å². The molecule has 6 aromatic rings. The average Bonchev–Trinajstić information content (AvgIpc) is 4.42. The Balaban J connectivity index is 0.890. The topological polar surface area (TPSA) is 98.4 Å². The minimum absolute atomic E-state index is 0.0561. The summed E-state index contributed by atoms with van der Waals surface area (Å²) in [6.45, 7) is 22.2. The summed E-state index contributed by atoms with van der Waals surface area (Å²) < 4.78 is 12.3. The van der Waals surface area contributed by atoms with Crippen LogP contribution in [0, 0.1) is 6.92 Å². The van der Waals surface area contributed by atoms with Gasteiger partial charge in [-0.25, -0.2) is 0 Å². The number of aromatic nitrogens is 2. The number of carbonyl (C=O) groups excluding carboxylic acids is 2. The highest BCUT2D eigenvalue weighted by Crippen LogP contribution is 2.50. The second-order valence-corrected chi connectivity index (χ2v) is 26.7. The lowest BCUT2D eigenvalue weighted by atomic mass is 9.77. The van der Waals surface area contributed by atoms with E-state index < -0.39 is 5.41 Å². The van der Waals surface area contributed by atoms with Crippen LogP contribution in [0.1, 0.15) is 171 Å². The maximum Gasteiger partial charge on any atom is 0.220 e. The molecule has 0 radical (unpaired) electrons. The van der Waals surface area contributed by atoms with Crippen molar-refractivity contribution in [2.24, 2.45) is 0 Å². The number of anilines is 1. The van der Waals surface area contributed by atoms with Crippen molar-refractivity contribution < 1.29 is 19.3 Å². The number of para-hydroxylation sites is 2. The number of aliphatic hydroxyl groups is 1. The van der Waals surface area contributed by atoms with Crippen LogP contribution in [0.25, 0.3) is 31.9 Å². The number of amides is 1. The number of allylic oxidation sites excluding steroid dienone is 5. The van der Waals surface area contributed by atoms with Gasteiger partial charge in [0.1, 0.15) is 23.3 Å². The molecule has 8 nitrogen and oxygen atoms in total. The highest BCUT2D eigenvalue weighted by molar-refractivity contribution is 7.99. The van der Waals surface area contributed by atoms with E-state index in [1.165, 1.54) is 121 Å². The molecule has 0 spiro atoms. The summed E-state index contributed by atoms with van der Waals surface area (Å²) >= 11 is 6.85. The molecule has 2 N–H and O–H groups in total. The van der Waals surface area contributed by atoms with Gasteiger partial charge in [-0.05, 0) is 113 Å². The van der Waals surface area contributed by atoms with Gasteiger partial charge in [-0.3, -0.25) is 9.59 Å². The first kappa shape index (κ1) is 57.5. The summed E-state index contributed by atoms with van der Waals surface area (Å²) in [5, 5.41) is 15.0. The van der Waals surface area contributed by atoms with Crippen molar-refractivity contribution >= 4 is 86.0 Å². The Hall–Kier alpha value is -5.14. The molecule has 0 saturated carbocycles. The smallest absolute Gasteiger partial charge is 0.220 e. The monoisotopic (exact) mass is 1120 g/mol. The Morgan fingerprint density at radius 2 is 1.46 bits per heavy atom. The number of nitrogens with zero attached hydrogens (tertiary/aromatic N) is 4. The molecule has 0 unspecified atom stereocenters. The van der Waals surface area contributed by atoms with E-state index in [9.17, 15) is 14.7 Å². The quantitative estimate of drug-likeness (QED) is 0.0229. The number of thiophene rings is 2. The third-order valence-electron chi connectivity index (χ3n) is 16.5. The van der Waals surface area contributed by atoms with E-state index >= 15 is 0 Å². The lowest BCUT2D eigenvalue weighted by molar-refractivity contribution is -0.438. The number of thioether (sulfide) groups is 1. The molecular weight excluding hydrogens is 1040 g/mol. The molecule has 5 heterocycles. The molecule has 0 saturated heterocycles. The Morgan fingerprint density at radius 1 is 0.769 bits per heavy atom. The zero-order chi connectivity index (χ0) is 55.1. The minimum Gasteiger partial charge on any atom is -0.506 e. The van der Waals surface area contributed by atoms with Crippen LogP contribution in [0.2, 0.25) is 0 Å². The van der Waals surface area contributed by atoms with Crippen molar-refractivity contribution in [3.05, 3.63) is 133 Å². The van der Waals surface area contributed by atoms with Crippen LogP contribution in [-0.4, -0.2) is 61.2 Å². The number of rotatable bonds is 27. The van der Waals surface area contributed by atoms with Crippen molar-refractivity contribution in [1.82, 2.24) is 14.1 Å². The van der Waals surface area contributed by atoms with Crippen molar-refractivity contribution in [3.63, 3.8) is 0 Å². The Bertz CT molecular complexity index is 3290. The second kappa shape index (κ2) is 25.5. The molecule has 0 bridgehead atoms. The summed E-state index contributed by atoms with van der Waals surface area (Å²) in [7, 11) is 0. The highest BCUT2D eigenvalue weighted by Gasteiger charge is 2.47. The van der Waals surface area contributed by atoms with E-state index in [2.05, 4.69) is 144 Å². The fourth-order valence-electron chi connectivity index (χ4n) is 11.9. The van der Waals surface area contributed by atoms with Crippen molar-refractivity contribution in [2.75, 3.05) is 30.3 Å². The molecular formula is C66H82N5O3S4+. The summed E-state index contributed by atoms with van der Waals surface area (Å²) in [6.07, 6.45) is 21.2. The van der Waals surface area contributed by atoms with Crippen LogP contribution >= 0.6 is 46.2 Å². The number of nitrogens with one attached hydrogen (secondary N) is 1. The molecule has 0 atom stereocenters. The first-order chi connectivity index (χ1) is 37.7. The van der Waals surface area contributed by atoms with E-state index in [4.69, 9.17) is 8.75 Å². The summed E-state index contributed by atoms with van der Waals surface area (Å²) in [4.78, 5) is 36.7. The molecule has 0 fully saturated rings. The van der Waals surface area contributed by atoms with Gasteiger partial charge in [0.2, 0.25) is 17.4 Å². The lowest BCUT2D eigenvalue weighted by Gasteiger charge is -2.29. The number of Topliss-reactive ketones (excluding diaryl/α,β-unsaturated/α-hetero) is 1. The van der Waals surface area contributed by atoms with Gasteiger partial charge in [0.05, 0.1) is 28.3 Å². The summed E-state index contributed by atoms with van der Waals surface area (Å²) in [5.41, 5.74) is 14.0. The average molecular weight is 1120 g/mol. The van der Waals surface area contributed by atoms with Crippen LogP contribution in [0.3, 0.4) is 0 Å². The number of benzene rings is 3. The largest absolute Gasteiger partial charge is 0.506 e. The Labute approximate surface area is 481 Å². The van der Waals surface area contributed by atoms with Crippen molar-refractivity contribution in [2.45, 2.75) is 181 Å². The Morgan fingerprint density at radius 3 is 2.19 bits per heavy atom.